The Balaban J connectivity index is 3.98. The zero-order valence-electron chi connectivity index (χ0n) is 36.7. The van der Waals surface area contributed by atoms with Gasteiger partial charge >= 0.3 is 7.82 Å². The summed E-state index contributed by atoms with van der Waals surface area (Å²) in [5.41, 5.74) is 0. The molecule has 0 aromatic rings. The first-order valence-electron chi connectivity index (χ1n) is 23.4. The maximum absolute atomic E-state index is 12.8. The van der Waals surface area contributed by atoms with Gasteiger partial charge in [-0.3, -0.25) is 13.8 Å². The van der Waals surface area contributed by atoms with Crippen LogP contribution in [0.5, 0.6) is 0 Å². The van der Waals surface area contributed by atoms with Crippen molar-refractivity contribution in [1.82, 2.24) is 5.32 Å². The summed E-state index contributed by atoms with van der Waals surface area (Å²) in [6, 6.07) is -0.751. The predicted molar refractivity (Wildman–Crippen MR) is 231 cm³/mol. The Labute approximate surface area is 336 Å². The number of unbranched alkanes of at least 4 members (excludes halogenated alkanes) is 30. The third-order valence-electron chi connectivity index (χ3n) is 10.9. The summed E-state index contributed by atoms with van der Waals surface area (Å²) in [5.74, 6) is -0.143. The monoisotopic (exact) mass is 790 g/mol. The number of phosphoric acid groups is 1. The molecule has 54 heavy (non-hydrogen) atoms. The largest absolute Gasteiger partial charge is 0.472 e. The first-order valence-corrected chi connectivity index (χ1v) is 24.9. The van der Waals surface area contributed by atoms with E-state index in [0.29, 0.717) is 23.9 Å². The number of nitrogens with one attached hydrogen (secondary N) is 1. The number of phosphoric ester groups is 1. The van der Waals surface area contributed by atoms with E-state index in [-0.39, 0.29) is 19.1 Å². The Kier molecular flexibility index (Phi) is 37.7. The lowest BCUT2D eigenvalue weighted by atomic mass is 10.0. The molecule has 9 heteroatoms. The molecule has 0 aromatic carbocycles. The van der Waals surface area contributed by atoms with Crippen molar-refractivity contribution < 1.29 is 32.9 Å². The molecule has 0 fully saturated rings. The molecule has 8 nitrogen and oxygen atoms in total. The fourth-order valence-electron chi connectivity index (χ4n) is 7.11. The quantitative estimate of drug-likeness (QED) is 0.0323. The van der Waals surface area contributed by atoms with Crippen molar-refractivity contribution in [3.63, 3.8) is 0 Å². The van der Waals surface area contributed by atoms with Crippen molar-refractivity contribution in [2.45, 2.75) is 244 Å². The van der Waals surface area contributed by atoms with E-state index in [9.17, 15) is 19.4 Å². The molecule has 3 N–H and O–H groups in total. The molecule has 324 valence electrons. The van der Waals surface area contributed by atoms with Gasteiger partial charge in [0.25, 0.3) is 0 Å². The van der Waals surface area contributed by atoms with Gasteiger partial charge in [0, 0.05) is 6.42 Å². The van der Waals surface area contributed by atoms with Crippen LogP contribution in [0.25, 0.3) is 0 Å². The topological polar surface area (TPSA) is 105 Å². The van der Waals surface area contributed by atoms with Crippen LogP contribution in [-0.4, -0.2) is 73.4 Å². The molecule has 0 saturated carbocycles. The van der Waals surface area contributed by atoms with Gasteiger partial charge in [0.1, 0.15) is 13.2 Å². The SMILES string of the molecule is CCCCCCCCCCCCCCCCCCCCCCCCCCCC(=O)NC(COP(=O)(O)OCC[N+](C)(C)C)C(O)CCCCCCCCC. The summed E-state index contributed by atoms with van der Waals surface area (Å²) in [6.45, 7) is 4.86. The van der Waals surface area contributed by atoms with E-state index in [1.165, 1.54) is 167 Å². The summed E-state index contributed by atoms with van der Waals surface area (Å²) < 4.78 is 23.5. The van der Waals surface area contributed by atoms with Gasteiger partial charge in [-0.25, -0.2) is 4.57 Å². The Morgan fingerprint density at radius 2 is 0.889 bits per heavy atom. The number of rotatable bonds is 43. The second-order valence-corrected chi connectivity index (χ2v) is 19.0. The second-order valence-electron chi connectivity index (χ2n) is 17.5. The minimum atomic E-state index is -4.30. The van der Waals surface area contributed by atoms with Crippen molar-refractivity contribution in [2.24, 2.45) is 0 Å². The first kappa shape index (κ1) is 53.5. The number of likely N-dealkylation sites (N-methyl/N-ethyl adjacent to an activating group) is 1. The number of carbonyl (C=O) groups is 1. The Bertz CT molecular complexity index is 855. The fourth-order valence-corrected chi connectivity index (χ4v) is 7.84. The molecular formula is C45H94N2O6P+. The number of aliphatic hydroxyl groups excluding tert-OH is 1. The number of nitrogens with zero attached hydrogens (tertiary/aromatic N) is 1. The number of quaternary nitrogens is 1. The van der Waals surface area contributed by atoms with Gasteiger partial charge in [-0.05, 0) is 12.8 Å². The summed E-state index contributed by atoms with van der Waals surface area (Å²) in [5, 5.41) is 13.8. The van der Waals surface area contributed by atoms with E-state index in [4.69, 9.17) is 9.05 Å². The molecule has 0 aliphatic rings. The highest BCUT2D eigenvalue weighted by Crippen LogP contribution is 2.43. The van der Waals surface area contributed by atoms with Gasteiger partial charge in [0.2, 0.25) is 5.91 Å². The molecule has 0 bridgehead atoms. The number of hydrogen-bond acceptors (Lipinski definition) is 5. The van der Waals surface area contributed by atoms with E-state index in [1.807, 2.05) is 21.1 Å². The smallest absolute Gasteiger partial charge is 0.391 e. The minimum absolute atomic E-state index is 0.0779. The van der Waals surface area contributed by atoms with Crippen molar-refractivity contribution in [1.29, 1.82) is 0 Å². The fraction of sp³-hybridized carbons (Fsp3) is 0.978. The number of carbonyl (C=O) groups excluding carboxylic acids is 1. The zero-order chi connectivity index (χ0) is 40.0. The van der Waals surface area contributed by atoms with E-state index < -0.39 is 20.0 Å². The molecule has 0 spiro atoms. The number of amides is 1. The normalized spacial score (nSPS) is 14.3. The average Bonchev–Trinajstić information content (AvgIpc) is 3.12. The zero-order valence-corrected chi connectivity index (χ0v) is 37.6. The maximum atomic E-state index is 12.8. The summed E-state index contributed by atoms with van der Waals surface area (Å²) in [6.07, 6.45) is 41.7. The first-order chi connectivity index (χ1) is 26.0. The standard InChI is InChI=1S/C45H93N2O6P/c1-6-8-10-12-14-15-16-17-18-19-20-21-22-23-24-25-26-27-28-29-30-31-33-35-37-39-45(49)46-43(44(48)38-36-34-32-13-11-9-7-2)42-53-54(50,51)52-41-40-47(3,4)5/h43-44,48H,6-42H2,1-5H3,(H-,46,49,50,51)/p+1. The van der Waals surface area contributed by atoms with E-state index in [2.05, 4.69) is 19.2 Å². The third-order valence-corrected chi connectivity index (χ3v) is 11.8. The predicted octanol–water partition coefficient (Wildman–Crippen LogP) is 13.0. The van der Waals surface area contributed by atoms with Crippen LogP contribution in [0, 0.1) is 0 Å². The van der Waals surface area contributed by atoms with E-state index in [1.54, 1.807) is 0 Å². The summed E-state index contributed by atoms with van der Waals surface area (Å²) in [4.78, 5) is 23.0. The Hall–Kier alpha value is -0.500. The van der Waals surface area contributed by atoms with E-state index >= 15 is 0 Å². The van der Waals surface area contributed by atoms with Crippen molar-refractivity contribution in [3.8, 4) is 0 Å². The molecule has 0 heterocycles. The van der Waals surface area contributed by atoms with E-state index in [0.717, 1.165) is 38.5 Å². The molecular weight excluding hydrogens is 695 g/mol. The van der Waals surface area contributed by atoms with Gasteiger partial charge in [-0.15, -0.1) is 0 Å². The van der Waals surface area contributed by atoms with Crippen molar-refractivity contribution >= 4 is 13.7 Å². The molecule has 3 unspecified atom stereocenters. The molecule has 0 aromatic heterocycles. The number of hydrogen-bond donors (Lipinski definition) is 3. The minimum Gasteiger partial charge on any atom is -0.391 e. The highest BCUT2D eigenvalue weighted by Gasteiger charge is 2.28. The van der Waals surface area contributed by atoms with Gasteiger partial charge < -0.3 is 19.8 Å². The van der Waals surface area contributed by atoms with Crippen molar-refractivity contribution in [2.75, 3.05) is 40.9 Å². The van der Waals surface area contributed by atoms with Crippen LogP contribution in [0.1, 0.15) is 232 Å². The highest BCUT2D eigenvalue weighted by atomic mass is 31.2. The molecule has 3 atom stereocenters. The van der Waals surface area contributed by atoms with Gasteiger partial charge in [-0.1, -0.05) is 213 Å². The molecule has 0 aliphatic heterocycles. The molecule has 0 rings (SSSR count). The molecule has 0 radical (unpaired) electrons. The lowest BCUT2D eigenvalue weighted by molar-refractivity contribution is -0.870. The third kappa shape index (κ3) is 39.7. The van der Waals surface area contributed by atoms with Crippen LogP contribution in [-0.2, 0) is 18.4 Å². The van der Waals surface area contributed by atoms with Gasteiger partial charge in [0.15, 0.2) is 0 Å². The lowest BCUT2D eigenvalue weighted by Gasteiger charge is -2.26. The highest BCUT2D eigenvalue weighted by molar-refractivity contribution is 7.47. The second kappa shape index (κ2) is 38.0. The van der Waals surface area contributed by atoms with Gasteiger partial charge in [0.05, 0.1) is 39.9 Å². The van der Waals surface area contributed by atoms with Crippen molar-refractivity contribution in [3.05, 3.63) is 0 Å². The number of aliphatic hydroxyl groups is 1. The van der Waals surface area contributed by atoms with Crippen LogP contribution in [0.3, 0.4) is 0 Å². The van der Waals surface area contributed by atoms with Crippen LogP contribution in [0.4, 0.5) is 0 Å². The maximum Gasteiger partial charge on any atom is 0.472 e. The average molecular weight is 790 g/mol. The van der Waals surface area contributed by atoms with Gasteiger partial charge in [-0.2, -0.15) is 0 Å². The molecule has 1 amide bonds. The van der Waals surface area contributed by atoms with Crippen LogP contribution < -0.4 is 5.32 Å². The lowest BCUT2D eigenvalue weighted by Crippen LogP contribution is -2.46. The Morgan fingerprint density at radius 1 is 0.556 bits per heavy atom. The summed E-state index contributed by atoms with van der Waals surface area (Å²) >= 11 is 0. The van der Waals surface area contributed by atoms with Crippen LogP contribution >= 0.6 is 7.82 Å². The van der Waals surface area contributed by atoms with Crippen LogP contribution in [0.15, 0.2) is 0 Å². The summed E-state index contributed by atoms with van der Waals surface area (Å²) in [7, 11) is 1.62. The molecule has 0 aliphatic carbocycles. The van der Waals surface area contributed by atoms with Crippen LogP contribution in [0.2, 0.25) is 0 Å². The molecule has 0 saturated heterocycles. The Morgan fingerprint density at radius 3 is 1.24 bits per heavy atom.